The first kappa shape index (κ1) is 12.8. The summed E-state index contributed by atoms with van der Waals surface area (Å²) in [7, 11) is 0. The number of carbonyl (C=O) groups excluding carboxylic acids is 1. The molecule has 0 aromatic heterocycles. The van der Waals surface area contributed by atoms with E-state index in [0.29, 0.717) is 18.2 Å². The van der Waals surface area contributed by atoms with E-state index in [1.54, 1.807) is 12.1 Å². The molecule has 0 aliphatic carbocycles. The Morgan fingerprint density at radius 1 is 1.50 bits per heavy atom. The number of anilines is 1. The minimum atomic E-state index is -0.612. The highest BCUT2D eigenvalue weighted by atomic mass is 19.1. The standard InChI is InChI=1S/C13H18FN3O/c14-11-6-10(13(16)18)3-4-12(11)17-5-1-2-9(7-15)8-17/h3-4,6,9H,1-2,5,7-8,15H2,(H2,16,18). The van der Waals surface area contributed by atoms with Crippen LogP contribution in [-0.4, -0.2) is 25.5 Å². The Bertz CT molecular complexity index is 450. The van der Waals surface area contributed by atoms with Gasteiger partial charge in [-0.2, -0.15) is 0 Å². The van der Waals surface area contributed by atoms with E-state index >= 15 is 0 Å². The molecule has 4 nitrogen and oxygen atoms in total. The van der Waals surface area contributed by atoms with Crippen molar-refractivity contribution >= 4 is 11.6 Å². The number of nitrogens with zero attached hydrogens (tertiary/aromatic N) is 1. The molecule has 1 aliphatic heterocycles. The lowest BCUT2D eigenvalue weighted by Crippen LogP contribution is -2.38. The van der Waals surface area contributed by atoms with Crippen molar-refractivity contribution in [1.29, 1.82) is 0 Å². The molecule has 1 saturated heterocycles. The van der Waals surface area contributed by atoms with Crippen LogP contribution in [0.3, 0.4) is 0 Å². The van der Waals surface area contributed by atoms with Crippen LogP contribution in [0.4, 0.5) is 10.1 Å². The van der Waals surface area contributed by atoms with Crippen molar-refractivity contribution in [1.82, 2.24) is 0 Å². The number of hydrogen-bond acceptors (Lipinski definition) is 3. The fourth-order valence-electron chi connectivity index (χ4n) is 2.39. The maximum Gasteiger partial charge on any atom is 0.248 e. The summed E-state index contributed by atoms with van der Waals surface area (Å²) in [6, 6.07) is 4.38. The van der Waals surface area contributed by atoms with E-state index in [2.05, 4.69) is 0 Å². The van der Waals surface area contributed by atoms with Gasteiger partial charge in [-0.05, 0) is 43.5 Å². The molecule has 1 amide bonds. The second kappa shape index (κ2) is 5.35. The normalized spacial score (nSPS) is 19.9. The molecule has 1 fully saturated rings. The van der Waals surface area contributed by atoms with Crippen LogP contribution in [-0.2, 0) is 0 Å². The lowest BCUT2D eigenvalue weighted by molar-refractivity contribution is 0.1000. The van der Waals surface area contributed by atoms with Crippen molar-refractivity contribution in [3.8, 4) is 0 Å². The van der Waals surface area contributed by atoms with Gasteiger partial charge in [-0.1, -0.05) is 0 Å². The number of rotatable bonds is 3. The zero-order chi connectivity index (χ0) is 13.1. The molecule has 0 saturated carbocycles. The fourth-order valence-corrected chi connectivity index (χ4v) is 2.39. The van der Waals surface area contributed by atoms with Crippen LogP contribution in [0.15, 0.2) is 18.2 Å². The van der Waals surface area contributed by atoms with Crippen LogP contribution in [0.25, 0.3) is 0 Å². The van der Waals surface area contributed by atoms with Crippen LogP contribution in [0, 0.1) is 11.7 Å². The molecule has 0 spiro atoms. The summed E-state index contributed by atoms with van der Waals surface area (Å²) in [5, 5.41) is 0. The fraction of sp³-hybridized carbons (Fsp3) is 0.462. The number of primary amides is 1. The molecule has 0 radical (unpaired) electrons. The average molecular weight is 251 g/mol. The number of carbonyl (C=O) groups is 1. The van der Waals surface area contributed by atoms with E-state index < -0.39 is 11.7 Å². The number of amides is 1. The zero-order valence-electron chi connectivity index (χ0n) is 10.2. The lowest BCUT2D eigenvalue weighted by atomic mass is 9.97. The predicted molar refractivity (Wildman–Crippen MR) is 68.9 cm³/mol. The van der Waals surface area contributed by atoms with E-state index in [-0.39, 0.29) is 5.56 Å². The maximum absolute atomic E-state index is 13.9. The van der Waals surface area contributed by atoms with E-state index in [4.69, 9.17) is 11.5 Å². The Morgan fingerprint density at radius 3 is 2.89 bits per heavy atom. The first-order valence-corrected chi connectivity index (χ1v) is 6.16. The first-order valence-electron chi connectivity index (χ1n) is 6.16. The van der Waals surface area contributed by atoms with E-state index in [1.807, 2.05) is 4.90 Å². The second-order valence-electron chi connectivity index (χ2n) is 4.72. The molecule has 1 unspecified atom stereocenters. The number of nitrogens with two attached hydrogens (primary N) is 2. The van der Waals surface area contributed by atoms with Gasteiger partial charge in [-0.25, -0.2) is 4.39 Å². The largest absolute Gasteiger partial charge is 0.369 e. The Kier molecular flexibility index (Phi) is 3.81. The third kappa shape index (κ3) is 2.61. The van der Waals surface area contributed by atoms with Gasteiger partial charge in [-0.15, -0.1) is 0 Å². The van der Waals surface area contributed by atoms with Crippen LogP contribution >= 0.6 is 0 Å². The van der Waals surface area contributed by atoms with Gasteiger partial charge in [0.25, 0.3) is 0 Å². The molecule has 1 aromatic carbocycles. The summed E-state index contributed by atoms with van der Waals surface area (Å²) in [4.78, 5) is 13.0. The first-order chi connectivity index (χ1) is 8.61. The Balaban J connectivity index is 2.20. The van der Waals surface area contributed by atoms with Crippen LogP contribution in [0.2, 0.25) is 0 Å². The van der Waals surface area contributed by atoms with Gasteiger partial charge in [-0.3, -0.25) is 4.79 Å². The number of piperidine rings is 1. The molecular formula is C13H18FN3O. The van der Waals surface area contributed by atoms with Gasteiger partial charge in [0.2, 0.25) is 5.91 Å². The Morgan fingerprint density at radius 2 is 2.28 bits per heavy atom. The smallest absolute Gasteiger partial charge is 0.248 e. The van der Waals surface area contributed by atoms with Gasteiger partial charge in [0.1, 0.15) is 5.82 Å². The molecule has 2 rings (SSSR count). The van der Waals surface area contributed by atoms with E-state index in [0.717, 1.165) is 25.9 Å². The number of benzene rings is 1. The van der Waals surface area contributed by atoms with Crippen molar-refractivity contribution in [3.05, 3.63) is 29.6 Å². The van der Waals surface area contributed by atoms with Gasteiger partial charge < -0.3 is 16.4 Å². The summed E-state index contributed by atoms with van der Waals surface area (Å²) in [5.74, 6) is -0.600. The maximum atomic E-state index is 13.9. The molecule has 1 aromatic rings. The summed E-state index contributed by atoms with van der Waals surface area (Å²) in [6.07, 6.45) is 2.10. The summed E-state index contributed by atoms with van der Waals surface area (Å²) < 4.78 is 13.9. The van der Waals surface area contributed by atoms with Gasteiger partial charge in [0, 0.05) is 18.7 Å². The monoisotopic (exact) mass is 251 g/mol. The predicted octanol–water partition coefficient (Wildman–Crippen LogP) is 1.10. The topological polar surface area (TPSA) is 72.3 Å². The highest BCUT2D eigenvalue weighted by molar-refractivity contribution is 5.93. The molecular weight excluding hydrogens is 233 g/mol. The van der Waals surface area contributed by atoms with Crippen LogP contribution in [0.1, 0.15) is 23.2 Å². The molecule has 1 aliphatic rings. The molecule has 1 heterocycles. The minimum Gasteiger partial charge on any atom is -0.369 e. The summed E-state index contributed by atoms with van der Waals surface area (Å²) >= 11 is 0. The Hall–Kier alpha value is -1.62. The minimum absolute atomic E-state index is 0.198. The zero-order valence-corrected chi connectivity index (χ0v) is 10.2. The van der Waals surface area contributed by atoms with Crippen molar-refractivity contribution in [2.45, 2.75) is 12.8 Å². The third-order valence-electron chi connectivity index (χ3n) is 3.43. The average Bonchev–Trinajstić information content (AvgIpc) is 2.38. The van der Waals surface area contributed by atoms with Crippen molar-refractivity contribution < 1.29 is 9.18 Å². The molecule has 98 valence electrons. The molecule has 0 bridgehead atoms. The number of halogens is 1. The van der Waals surface area contributed by atoms with Gasteiger partial charge in [0.15, 0.2) is 0 Å². The van der Waals surface area contributed by atoms with Crippen LogP contribution in [0.5, 0.6) is 0 Å². The highest BCUT2D eigenvalue weighted by Crippen LogP contribution is 2.25. The van der Waals surface area contributed by atoms with E-state index in [1.165, 1.54) is 6.07 Å². The van der Waals surface area contributed by atoms with Gasteiger partial charge >= 0.3 is 0 Å². The number of hydrogen-bond donors (Lipinski definition) is 2. The van der Waals surface area contributed by atoms with E-state index in [9.17, 15) is 9.18 Å². The van der Waals surface area contributed by atoms with Crippen molar-refractivity contribution in [2.24, 2.45) is 17.4 Å². The molecule has 4 N–H and O–H groups in total. The third-order valence-corrected chi connectivity index (χ3v) is 3.43. The quantitative estimate of drug-likeness (QED) is 0.845. The molecule has 1 atom stereocenters. The van der Waals surface area contributed by atoms with Crippen LogP contribution < -0.4 is 16.4 Å². The van der Waals surface area contributed by atoms with Gasteiger partial charge in [0.05, 0.1) is 5.69 Å². The SMILES string of the molecule is NCC1CCCN(c2ccc(C(N)=O)cc2F)C1. The highest BCUT2D eigenvalue weighted by Gasteiger charge is 2.21. The summed E-state index contributed by atoms with van der Waals surface area (Å²) in [6.45, 7) is 2.21. The molecule has 18 heavy (non-hydrogen) atoms. The van der Waals surface area contributed by atoms with Crippen molar-refractivity contribution in [3.63, 3.8) is 0 Å². The molecule has 5 heteroatoms. The Labute approximate surface area is 106 Å². The lowest BCUT2D eigenvalue weighted by Gasteiger charge is -2.34. The summed E-state index contributed by atoms with van der Waals surface area (Å²) in [5.41, 5.74) is 11.5. The second-order valence-corrected chi connectivity index (χ2v) is 4.72. The van der Waals surface area contributed by atoms with Crippen molar-refractivity contribution in [2.75, 3.05) is 24.5 Å².